The number of hydrogen-bond acceptors (Lipinski definition) is 8. The van der Waals surface area contributed by atoms with Gasteiger partial charge in [0, 0.05) is 29.9 Å². The number of halogens is 4. The number of hydrogen-bond donors (Lipinski definition) is 0. The number of rotatable bonds is 11. The van der Waals surface area contributed by atoms with Gasteiger partial charge in [-0.15, -0.1) is 0 Å². The van der Waals surface area contributed by atoms with Crippen LogP contribution in [0.1, 0.15) is 48.8 Å². The van der Waals surface area contributed by atoms with Crippen LogP contribution in [0.25, 0.3) is 0 Å². The highest BCUT2D eigenvalue weighted by molar-refractivity contribution is 6.32. The molecular formula is C34H37ClF3N5O3. The van der Waals surface area contributed by atoms with Crippen molar-refractivity contribution in [2.24, 2.45) is 0 Å². The highest BCUT2D eigenvalue weighted by Crippen LogP contribution is 2.40. The van der Waals surface area contributed by atoms with Crippen molar-refractivity contribution >= 4 is 23.1 Å². The molecule has 244 valence electrons. The highest BCUT2D eigenvalue weighted by Gasteiger charge is 2.37. The van der Waals surface area contributed by atoms with Crippen molar-refractivity contribution in [3.05, 3.63) is 95.0 Å². The average molecular weight is 656 g/mol. The molecule has 1 aliphatic rings. The maximum atomic E-state index is 13.4. The molecule has 4 aromatic rings. The van der Waals surface area contributed by atoms with Gasteiger partial charge in [-0.05, 0) is 74.7 Å². The predicted octanol–water partition coefficient (Wildman–Crippen LogP) is 7.93. The van der Waals surface area contributed by atoms with Crippen LogP contribution >= 0.6 is 11.6 Å². The molecule has 0 saturated heterocycles. The third kappa shape index (κ3) is 7.64. The third-order valence-corrected chi connectivity index (χ3v) is 8.82. The molecule has 3 atom stereocenters. The zero-order valence-electron chi connectivity index (χ0n) is 26.2. The van der Waals surface area contributed by atoms with Gasteiger partial charge in [-0.25, -0.2) is 9.97 Å². The largest absolute Gasteiger partial charge is 0.497 e. The summed E-state index contributed by atoms with van der Waals surface area (Å²) in [6.07, 6.45) is 0.525. The van der Waals surface area contributed by atoms with Gasteiger partial charge in [0.05, 0.1) is 32.0 Å². The number of methoxy groups -OCH3 is 2. The average Bonchev–Trinajstić information content (AvgIpc) is 3.07. The fraction of sp³-hybridized carbons (Fsp3) is 0.382. The first-order chi connectivity index (χ1) is 22.1. The molecule has 2 aromatic heterocycles. The zero-order chi connectivity index (χ0) is 32.8. The zero-order valence-corrected chi connectivity index (χ0v) is 26.9. The Kier molecular flexibility index (Phi) is 10.5. The van der Waals surface area contributed by atoms with Crippen LogP contribution < -0.4 is 19.1 Å². The van der Waals surface area contributed by atoms with Gasteiger partial charge in [0.15, 0.2) is 5.15 Å². The lowest BCUT2D eigenvalue weighted by atomic mass is 9.79. The molecular weight excluding hydrogens is 619 g/mol. The molecule has 0 aliphatic heterocycles. The third-order valence-electron chi connectivity index (χ3n) is 8.54. The second-order valence-corrected chi connectivity index (χ2v) is 11.6. The summed E-state index contributed by atoms with van der Waals surface area (Å²) in [7, 11) is 5.21. The molecule has 1 saturated carbocycles. The maximum absolute atomic E-state index is 13.4. The summed E-state index contributed by atoms with van der Waals surface area (Å²) >= 11 is 6.83. The number of pyridine rings is 1. The van der Waals surface area contributed by atoms with Crippen LogP contribution in [-0.2, 0) is 12.7 Å². The quantitative estimate of drug-likeness (QED) is 0.151. The first kappa shape index (κ1) is 33.3. The molecule has 1 aliphatic carbocycles. The van der Waals surface area contributed by atoms with Crippen molar-refractivity contribution in [1.29, 1.82) is 0 Å². The van der Waals surface area contributed by atoms with Crippen molar-refractivity contribution in [3.63, 3.8) is 0 Å². The van der Waals surface area contributed by atoms with E-state index >= 15 is 0 Å². The second-order valence-electron chi connectivity index (χ2n) is 11.2. The normalized spacial score (nSPS) is 18.3. The molecule has 0 unspecified atom stereocenters. The van der Waals surface area contributed by atoms with E-state index in [0.29, 0.717) is 60.3 Å². The van der Waals surface area contributed by atoms with E-state index in [9.17, 15) is 13.2 Å². The van der Waals surface area contributed by atoms with Crippen LogP contribution in [0.5, 0.6) is 17.4 Å². The first-order valence-corrected chi connectivity index (χ1v) is 15.4. The lowest BCUT2D eigenvalue weighted by molar-refractivity contribution is -0.137. The maximum Gasteiger partial charge on any atom is 0.416 e. The van der Waals surface area contributed by atoms with E-state index in [2.05, 4.69) is 19.9 Å². The fourth-order valence-corrected chi connectivity index (χ4v) is 6.19. The van der Waals surface area contributed by atoms with Crippen molar-refractivity contribution in [3.8, 4) is 17.4 Å². The Balaban J connectivity index is 1.38. The number of alkyl halides is 3. The van der Waals surface area contributed by atoms with Crippen LogP contribution in [0.15, 0.2) is 73.2 Å². The van der Waals surface area contributed by atoms with Crippen molar-refractivity contribution in [2.75, 3.05) is 32.7 Å². The molecule has 5 rings (SSSR count). The Hall–Kier alpha value is -4.09. The molecule has 0 radical (unpaired) electrons. The van der Waals surface area contributed by atoms with E-state index in [1.165, 1.54) is 18.5 Å². The van der Waals surface area contributed by atoms with Crippen LogP contribution in [0.3, 0.4) is 0 Å². The number of nitrogens with zero attached hydrogens (tertiary/aromatic N) is 5. The summed E-state index contributed by atoms with van der Waals surface area (Å²) in [5.74, 6) is 2.29. The molecule has 2 heterocycles. The molecule has 46 heavy (non-hydrogen) atoms. The standard InChI is InChI=1S/C34H37ClF3N5O3/c1-5-42(2)28-18-23(22-7-6-8-25(17-22)34(36,37)38)10-13-29(28)46-32-14-12-27(33(35)41-32)43(31-15-16-39-21-40-31)20-24-9-11-26(44-3)19-30(24)45-4/h6-9,11-12,14-17,19,21,23,28-29H,5,10,13,18,20H2,1-4H3/t23-,28-,29-/m0/s1. The van der Waals surface area contributed by atoms with Gasteiger partial charge in [0.2, 0.25) is 5.88 Å². The Morgan fingerprint density at radius 1 is 1.00 bits per heavy atom. The summed E-state index contributed by atoms with van der Waals surface area (Å²) in [6.45, 7) is 3.18. The van der Waals surface area contributed by atoms with Crippen LogP contribution in [0.2, 0.25) is 5.15 Å². The summed E-state index contributed by atoms with van der Waals surface area (Å²) in [6, 6.07) is 16.6. The minimum absolute atomic E-state index is 0.0172. The molecule has 2 aromatic carbocycles. The monoisotopic (exact) mass is 655 g/mol. The van der Waals surface area contributed by atoms with Gasteiger partial charge < -0.3 is 19.1 Å². The van der Waals surface area contributed by atoms with Crippen molar-refractivity contribution in [1.82, 2.24) is 19.9 Å². The smallest absolute Gasteiger partial charge is 0.416 e. The number of anilines is 2. The Bertz CT molecular complexity index is 1610. The van der Waals surface area contributed by atoms with Gasteiger partial charge in [-0.2, -0.15) is 18.2 Å². The molecule has 0 bridgehead atoms. The van der Waals surface area contributed by atoms with Gasteiger partial charge in [-0.3, -0.25) is 4.90 Å². The molecule has 0 spiro atoms. The molecule has 1 fully saturated rings. The first-order valence-electron chi connectivity index (χ1n) is 15.1. The van der Waals surface area contributed by atoms with Crippen LogP contribution in [-0.4, -0.2) is 59.8 Å². The molecule has 12 heteroatoms. The van der Waals surface area contributed by atoms with E-state index in [1.54, 1.807) is 38.6 Å². The van der Waals surface area contributed by atoms with Crippen LogP contribution in [0, 0.1) is 0 Å². The fourth-order valence-electron chi connectivity index (χ4n) is 5.94. The summed E-state index contributed by atoms with van der Waals surface area (Å²) in [4.78, 5) is 17.2. The number of aromatic nitrogens is 3. The Labute approximate surface area is 272 Å². The number of likely N-dealkylation sites (N-methyl/N-ethyl adjacent to an activating group) is 1. The van der Waals surface area contributed by atoms with E-state index in [0.717, 1.165) is 18.2 Å². The minimum Gasteiger partial charge on any atom is -0.497 e. The predicted molar refractivity (Wildman–Crippen MR) is 171 cm³/mol. The van der Waals surface area contributed by atoms with Gasteiger partial charge in [0.25, 0.3) is 0 Å². The van der Waals surface area contributed by atoms with E-state index < -0.39 is 11.7 Å². The SMILES string of the molecule is CCN(C)[C@H]1C[C@@H](c2cccc(C(F)(F)F)c2)CC[C@@H]1Oc1ccc(N(Cc2ccc(OC)cc2OC)c2ccncn2)c(Cl)n1. The van der Waals surface area contributed by atoms with Crippen LogP contribution in [0.4, 0.5) is 24.7 Å². The van der Waals surface area contributed by atoms with E-state index in [-0.39, 0.29) is 23.2 Å². The second kappa shape index (κ2) is 14.6. The van der Waals surface area contributed by atoms with Gasteiger partial charge >= 0.3 is 6.18 Å². The number of ether oxygens (including phenoxy) is 3. The van der Waals surface area contributed by atoms with Gasteiger partial charge in [-0.1, -0.05) is 36.7 Å². The highest BCUT2D eigenvalue weighted by atomic mass is 35.5. The molecule has 0 amide bonds. The summed E-state index contributed by atoms with van der Waals surface area (Å²) < 4.78 is 57.7. The van der Waals surface area contributed by atoms with Crippen molar-refractivity contribution < 1.29 is 27.4 Å². The van der Waals surface area contributed by atoms with E-state index in [1.807, 2.05) is 43.1 Å². The minimum atomic E-state index is -4.38. The Morgan fingerprint density at radius 2 is 1.83 bits per heavy atom. The van der Waals surface area contributed by atoms with E-state index in [4.69, 9.17) is 25.8 Å². The molecule has 0 N–H and O–H groups in total. The Morgan fingerprint density at radius 3 is 2.50 bits per heavy atom. The number of benzene rings is 2. The lowest BCUT2D eigenvalue weighted by Gasteiger charge is -2.40. The summed E-state index contributed by atoms with van der Waals surface area (Å²) in [5, 5.41) is 0.224. The molecule has 8 nitrogen and oxygen atoms in total. The van der Waals surface area contributed by atoms with Crippen molar-refractivity contribution in [2.45, 2.75) is 57.0 Å². The van der Waals surface area contributed by atoms with Gasteiger partial charge in [0.1, 0.15) is 29.7 Å². The topological polar surface area (TPSA) is 72.8 Å². The summed E-state index contributed by atoms with van der Waals surface area (Å²) in [5.41, 5.74) is 1.57. The lowest BCUT2D eigenvalue weighted by Crippen LogP contribution is -2.47.